The Morgan fingerprint density at radius 2 is 2.14 bits per heavy atom. The van der Waals surface area contributed by atoms with E-state index in [4.69, 9.17) is 10.5 Å². The van der Waals surface area contributed by atoms with E-state index in [0.717, 1.165) is 11.7 Å². The Bertz CT molecular complexity index is 310. The monoisotopic (exact) mass is 213 g/mol. The van der Waals surface area contributed by atoms with Crippen LogP contribution in [0.2, 0.25) is 0 Å². The van der Waals surface area contributed by atoms with Crippen LogP contribution >= 0.6 is 12.4 Å². The molecule has 0 unspecified atom stereocenters. The largest absolute Gasteiger partial charge is 0.497 e. The van der Waals surface area contributed by atoms with E-state index in [1.807, 2.05) is 6.07 Å². The van der Waals surface area contributed by atoms with Crippen molar-refractivity contribution in [3.05, 3.63) is 29.3 Å². The molecular weight excluding hydrogens is 198 g/mol. The summed E-state index contributed by atoms with van der Waals surface area (Å²) in [5.74, 6) is 1.69. The normalized spacial score (nSPS) is 14.7. The minimum Gasteiger partial charge on any atom is -0.497 e. The molecule has 2 rings (SSSR count). The maximum absolute atomic E-state index is 5.67. The molecule has 0 amide bonds. The highest BCUT2D eigenvalue weighted by Gasteiger charge is 2.25. The highest BCUT2D eigenvalue weighted by atomic mass is 35.5. The molecule has 1 aliphatic rings. The van der Waals surface area contributed by atoms with E-state index in [1.54, 1.807) is 7.11 Å². The first-order chi connectivity index (χ1) is 6.35. The highest BCUT2D eigenvalue weighted by Crippen LogP contribution is 2.42. The van der Waals surface area contributed by atoms with Gasteiger partial charge in [0.05, 0.1) is 7.11 Å². The van der Waals surface area contributed by atoms with Crippen LogP contribution in [0.25, 0.3) is 0 Å². The van der Waals surface area contributed by atoms with E-state index < -0.39 is 0 Å². The predicted molar refractivity (Wildman–Crippen MR) is 60.1 cm³/mol. The van der Waals surface area contributed by atoms with Crippen LogP contribution in [0, 0.1) is 0 Å². The van der Waals surface area contributed by atoms with Crippen molar-refractivity contribution < 1.29 is 4.74 Å². The van der Waals surface area contributed by atoms with Crippen molar-refractivity contribution in [2.75, 3.05) is 7.11 Å². The summed E-state index contributed by atoms with van der Waals surface area (Å²) < 4.78 is 5.19. The van der Waals surface area contributed by atoms with E-state index in [1.165, 1.54) is 24.0 Å². The van der Waals surface area contributed by atoms with Gasteiger partial charge in [-0.05, 0) is 42.0 Å². The molecule has 0 aliphatic heterocycles. The van der Waals surface area contributed by atoms with Crippen molar-refractivity contribution in [3.8, 4) is 5.75 Å². The average molecular weight is 214 g/mol. The first kappa shape index (κ1) is 11.3. The fourth-order valence-corrected chi connectivity index (χ4v) is 1.66. The number of rotatable bonds is 3. The first-order valence-electron chi connectivity index (χ1n) is 4.72. The zero-order valence-corrected chi connectivity index (χ0v) is 9.14. The molecule has 1 aromatic rings. The van der Waals surface area contributed by atoms with Crippen molar-refractivity contribution in [3.63, 3.8) is 0 Å². The van der Waals surface area contributed by atoms with Gasteiger partial charge in [-0.15, -0.1) is 12.4 Å². The molecule has 3 heteroatoms. The van der Waals surface area contributed by atoms with E-state index in [2.05, 4.69) is 12.1 Å². The maximum Gasteiger partial charge on any atom is 0.119 e. The Morgan fingerprint density at radius 3 is 2.64 bits per heavy atom. The van der Waals surface area contributed by atoms with Gasteiger partial charge >= 0.3 is 0 Å². The predicted octanol–water partition coefficient (Wildman–Crippen LogP) is 2.45. The Morgan fingerprint density at radius 1 is 1.43 bits per heavy atom. The molecule has 1 aromatic carbocycles. The lowest BCUT2D eigenvalue weighted by Crippen LogP contribution is -2.01. The number of hydrogen-bond donors (Lipinski definition) is 1. The summed E-state index contributed by atoms with van der Waals surface area (Å²) in [6, 6.07) is 6.18. The zero-order valence-electron chi connectivity index (χ0n) is 8.32. The van der Waals surface area contributed by atoms with Gasteiger partial charge in [0.1, 0.15) is 5.75 Å². The van der Waals surface area contributed by atoms with Gasteiger partial charge in [0.2, 0.25) is 0 Å². The van der Waals surface area contributed by atoms with Gasteiger partial charge in [0.15, 0.2) is 0 Å². The van der Waals surface area contributed by atoms with Crippen LogP contribution in [0.4, 0.5) is 0 Å². The zero-order chi connectivity index (χ0) is 9.26. The Labute approximate surface area is 90.9 Å². The summed E-state index contributed by atoms with van der Waals surface area (Å²) in [5.41, 5.74) is 8.32. The van der Waals surface area contributed by atoms with Crippen LogP contribution in [0.1, 0.15) is 29.9 Å². The minimum atomic E-state index is 0. The molecule has 0 atom stereocenters. The molecule has 1 saturated carbocycles. The smallest absolute Gasteiger partial charge is 0.119 e. The van der Waals surface area contributed by atoms with Crippen LogP contribution in [0.5, 0.6) is 5.75 Å². The van der Waals surface area contributed by atoms with Crippen molar-refractivity contribution >= 4 is 12.4 Å². The van der Waals surface area contributed by atoms with E-state index in [0.29, 0.717) is 6.54 Å². The molecule has 0 radical (unpaired) electrons. The molecule has 2 nitrogen and oxygen atoms in total. The van der Waals surface area contributed by atoms with Gasteiger partial charge in [0.25, 0.3) is 0 Å². The summed E-state index contributed by atoms with van der Waals surface area (Å²) in [5, 5.41) is 0. The van der Waals surface area contributed by atoms with Crippen LogP contribution < -0.4 is 10.5 Å². The molecule has 0 spiro atoms. The molecular formula is C11H16ClNO. The van der Waals surface area contributed by atoms with Gasteiger partial charge in [-0.3, -0.25) is 0 Å². The van der Waals surface area contributed by atoms with Crippen LogP contribution in [0.3, 0.4) is 0 Å². The molecule has 1 aliphatic carbocycles. The Balaban J connectivity index is 0.000000980. The summed E-state index contributed by atoms with van der Waals surface area (Å²) in [6.45, 7) is 0.635. The van der Waals surface area contributed by atoms with Crippen LogP contribution in [0.15, 0.2) is 18.2 Å². The highest BCUT2D eigenvalue weighted by molar-refractivity contribution is 5.85. The SMILES string of the molecule is COc1ccc(CN)c(C2CC2)c1.Cl. The third-order valence-corrected chi connectivity index (χ3v) is 2.59. The van der Waals surface area contributed by atoms with Crippen molar-refractivity contribution in [2.24, 2.45) is 5.73 Å². The van der Waals surface area contributed by atoms with Gasteiger partial charge in [-0.1, -0.05) is 6.07 Å². The maximum atomic E-state index is 5.67. The van der Waals surface area contributed by atoms with Crippen molar-refractivity contribution in [2.45, 2.75) is 25.3 Å². The second-order valence-corrected chi connectivity index (χ2v) is 3.54. The number of halogens is 1. The van der Waals surface area contributed by atoms with Gasteiger partial charge in [-0.2, -0.15) is 0 Å². The van der Waals surface area contributed by atoms with E-state index >= 15 is 0 Å². The third kappa shape index (κ3) is 2.20. The van der Waals surface area contributed by atoms with Crippen molar-refractivity contribution in [1.82, 2.24) is 0 Å². The fourth-order valence-electron chi connectivity index (χ4n) is 1.66. The molecule has 0 aromatic heterocycles. The number of benzene rings is 1. The standard InChI is InChI=1S/C11H15NO.ClH/c1-13-10-5-4-9(7-12)11(6-10)8-2-3-8;/h4-6,8H,2-3,7,12H2,1H3;1H. The second-order valence-electron chi connectivity index (χ2n) is 3.54. The summed E-state index contributed by atoms with van der Waals surface area (Å²) in [6.07, 6.45) is 2.61. The second kappa shape index (κ2) is 4.67. The summed E-state index contributed by atoms with van der Waals surface area (Å²) >= 11 is 0. The van der Waals surface area contributed by atoms with Gasteiger partial charge in [-0.25, -0.2) is 0 Å². The number of methoxy groups -OCH3 is 1. The average Bonchev–Trinajstić information content (AvgIpc) is 3.00. The molecule has 0 saturated heterocycles. The first-order valence-corrected chi connectivity index (χ1v) is 4.72. The molecule has 2 N–H and O–H groups in total. The lowest BCUT2D eigenvalue weighted by atomic mass is 10.0. The van der Waals surface area contributed by atoms with Gasteiger partial charge in [0, 0.05) is 6.54 Å². The molecule has 1 fully saturated rings. The third-order valence-electron chi connectivity index (χ3n) is 2.59. The van der Waals surface area contributed by atoms with Gasteiger partial charge < -0.3 is 10.5 Å². The summed E-state index contributed by atoms with van der Waals surface area (Å²) in [4.78, 5) is 0. The Hall–Kier alpha value is -0.730. The summed E-state index contributed by atoms with van der Waals surface area (Å²) in [7, 11) is 1.70. The lowest BCUT2D eigenvalue weighted by Gasteiger charge is -2.08. The molecule has 14 heavy (non-hydrogen) atoms. The minimum absolute atomic E-state index is 0. The number of nitrogens with two attached hydrogens (primary N) is 1. The molecule has 0 bridgehead atoms. The number of ether oxygens (including phenoxy) is 1. The molecule has 0 heterocycles. The Kier molecular flexibility index (Phi) is 3.78. The fraction of sp³-hybridized carbons (Fsp3) is 0.455. The lowest BCUT2D eigenvalue weighted by molar-refractivity contribution is 0.414. The topological polar surface area (TPSA) is 35.2 Å². The van der Waals surface area contributed by atoms with E-state index in [9.17, 15) is 0 Å². The van der Waals surface area contributed by atoms with Crippen LogP contribution in [-0.4, -0.2) is 7.11 Å². The van der Waals surface area contributed by atoms with E-state index in [-0.39, 0.29) is 12.4 Å². The quantitative estimate of drug-likeness (QED) is 0.837. The number of hydrogen-bond acceptors (Lipinski definition) is 2. The van der Waals surface area contributed by atoms with Crippen molar-refractivity contribution in [1.29, 1.82) is 0 Å². The molecule has 78 valence electrons. The van der Waals surface area contributed by atoms with Crippen LogP contribution in [-0.2, 0) is 6.54 Å².